The van der Waals surface area contributed by atoms with Crippen molar-refractivity contribution in [3.63, 3.8) is 0 Å². The topological polar surface area (TPSA) is 116 Å². The molecule has 1 amide bonds. The summed E-state index contributed by atoms with van der Waals surface area (Å²) >= 11 is 0.549. The molecular weight excluding hydrogens is 274 g/mol. The summed E-state index contributed by atoms with van der Waals surface area (Å²) in [6, 6.07) is -0.646. The van der Waals surface area contributed by atoms with Crippen LogP contribution in [-0.4, -0.2) is 44.8 Å². The van der Waals surface area contributed by atoms with E-state index in [0.29, 0.717) is 28.0 Å². The number of amides is 1. The molecule has 0 aliphatic carbocycles. The smallest absolute Gasteiger partial charge is 1.00 e. The predicted octanol–water partition coefficient (Wildman–Crippen LogP) is -2.82. The average molecular weight is 293 g/mol. The summed E-state index contributed by atoms with van der Waals surface area (Å²) in [4.78, 5) is 19.7. The molecule has 16 heavy (non-hydrogen) atoms. The van der Waals surface area contributed by atoms with Gasteiger partial charge in [-0.1, -0.05) is 0 Å². The molecule has 0 radical (unpaired) electrons. The van der Waals surface area contributed by atoms with Crippen molar-refractivity contribution in [2.24, 2.45) is 11.5 Å². The van der Waals surface area contributed by atoms with Crippen molar-refractivity contribution >= 4 is 27.0 Å². The number of carbonyl (C=O) groups excluding carboxylic acids is 1. The Morgan fingerprint density at radius 2 is 2.06 bits per heavy atom. The number of carboxylic acid groups (broad SMARTS) is 1. The van der Waals surface area contributed by atoms with E-state index in [9.17, 15) is 9.59 Å². The van der Waals surface area contributed by atoms with E-state index in [2.05, 4.69) is 16.3 Å². The third kappa shape index (κ3) is 19.4. The number of primary amides is 1. The van der Waals surface area contributed by atoms with Crippen molar-refractivity contribution in [2.45, 2.75) is 30.5 Å². The Labute approximate surface area is 115 Å². The molecule has 0 aromatic rings. The van der Waals surface area contributed by atoms with Crippen LogP contribution in [0, 0.1) is 0 Å². The first-order chi connectivity index (χ1) is 6.95. The van der Waals surface area contributed by atoms with Gasteiger partial charge >= 0.3 is 85.1 Å². The van der Waals surface area contributed by atoms with Gasteiger partial charge in [0, 0.05) is 0 Å². The van der Waals surface area contributed by atoms with Gasteiger partial charge in [-0.3, -0.25) is 0 Å². The molecule has 0 fully saturated rings. The van der Waals surface area contributed by atoms with Gasteiger partial charge in [0.1, 0.15) is 0 Å². The first-order valence-electron chi connectivity index (χ1n) is 4.35. The largest absolute Gasteiger partial charge is 1.00 e. The molecule has 92 valence electrons. The van der Waals surface area contributed by atoms with Gasteiger partial charge in [0.15, 0.2) is 0 Å². The first-order valence-corrected chi connectivity index (χ1v) is 7.27. The molecule has 0 aliphatic heterocycles. The fraction of sp³-hybridized carbons (Fsp3) is 0.750. The SMILES string of the molecule is CCOC(N)=O.C[Se]CCC(N)C(=O)O.[H-].[Li+]. The van der Waals surface area contributed by atoms with Gasteiger partial charge in [0.2, 0.25) is 0 Å². The van der Waals surface area contributed by atoms with E-state index in [4.69, 9.17) is 10.8 Å². The minimum atomic E-state index is -0.890. The Balaban J connectivity index is -0.0000000945. The second-order valence-electron chi connectivity index (χ2n) is 2.48. The fourth-order valence-electron chi connectivity index (χ4n) is 0.511. The van der Waals surface area contributed by atoms with Crippen molar-refractivity contribution < 1.29 is 39.7 Å². The normalized spacial score (nSPS) is 10.2. The van der Waals surface area contributed by atoms with Crippen LogP contribution in [0.2, 0.25) is 11.1 Å². The quantitative estimate of drug-likeness (QED) is 0.473. The monoisotopic (exact) mass is 294 g/mol. The molecule has 8 heteroatoms. The van der Waals surface area contributed by atoms with Crippen LogP contribution in [0.15, 0.2) is 0 Å². The number of carboxylic acids is 1. The molecule has 0 saturated carbocycles. The standard InChI is InChI=1S/C5H11NO2Se.C3H7NO2.Li.H/c1-9-3-2-4(6)5(7)8;1-2-6-3(4)5;;/h4H,2-3,6H2,1H3,(H,7,8);2H2,1H3,(H2,4,5);;/q;;+1;-1. The number of ether oxygens (including phenoxy) is 1. The first kappa shape index (κ1) is 21.1. The van der Waals surface area contributed by atoms with E-state index < -0.39 is 18.1 Å². The number of hydrogen-bond donors (Lipinski definition) is 3. The number of hydrogen-bond acceptors (Lipinski definition) is 4. The van der Waals surface area contributed by atoms with Gasteiger partial charge in [-0.15, -0.1) is 0 Å². The molecule has 1 atom stereocenters. The van der Waals surface area contributed by atoms with Gasteiger partial charge in [-0.2, -0.15) is 0 Å². The summed E-state index contributed by atoms with van der Waals surface area (Å²) in [5.74, 6) is 1.18. The molecule has 0 saturated heterocycles. The Morgan fingerprint density at radius 3 is 2.25 bits per heavy atom. The Hall–Kier alpha value is -0.183. The summed E-state index contributed by atoms with van der Waals surface area (Å²) in [5.41, 5.74) is 9.75. The second kappa shape index (κ2) is 14.8. The number of carbonyl (C=O) groups is 2. The second-order valence-corrected chi connectivity index (χ2v) is 4.55. The number of rotatable bonds is 5. The molecule has 0 aliphatic rings. The van der Waals surface area contributed by atoms with E-state index in [0.717, 1.165) is 5.32 Å². The van der Waals surface area contributed by atoms with Crippen LogP contribution in [0.3, 0.4) is 0 Å². The molecule has 0 rings (SSSR count). The summed E-state index contributed by atoms with van der Waals surface area (Å²) in [6.45, 7) is 2.06. The van der Waals surface area contributed by atoms with Crippen LogP contribution in [0.5, 0.6) is 0 Å². The van der Waals surface area contributed by atoms with E-state index in [-0.39, 0.29) is 20.3 Å². The van der Waals surface area contributed by atoms with E-state index in [1.165, 1.54) is 0 Å². The van der Waals surface area contributed by atoms with Gasteiger partial charge in [0.25, 0.3) is 0 Å². The summed E-state index contributed by atoms with van der Waals surface area (Å²) in [7, 11) is 0. The fourth-order valence-corrected chi connectivity index (χ4v) is 1.54. The van der Waals surface area contributed by atoms with Crippen LogP contribution in [0.1, 0.15) is 14.8 Å². The van der Waals surface area contributed by atoms with Crippen molar-refractivity contribution in [1.82, 2.24) is 0 Å². The number of aliphatic carboxylic acids is 1. The maximum Gasteiger partial charge on any atom is 1.00 e. The van der Waals surface area contributed by atoms with Gasteiger partial charge in [0.05, 0.1) is 6.61 Å². The Kier molecular flexibility index (Phi) is 19.6. The molecule has 5 N–H and O–H groups in total. The predicted molar refractivity (Wildman–Crippen MR) is 59.0 cm³/mol. The summed E-state index contributed by atoms with van der Waals surface area (Å²) in [5, 5.41) is 9.25. The van der Waals surface area contributed by atoms with Crippen molar-refractivity contribution in [2.75, 3.05) is 6.61 Å². The zero-order valence-electron chi connectivity index (χ0n) is 10.9. The third-order valence-electron chi connectivity index (χ3n) is 1.24. The van der Waals surface area contributed by atoms with Gasteiger partial charge in [-0.25, -0.2) is 4.79 Å². The van der Waals surface area contributed by atoms with Crippen LogP contribution in [0.25, 0.3) is 0 Å². The van der Waals surface area contributed by atoms with Crippen molar-refractivity contribution in [1.29, 1.82) is 0 Å². The van der Waals surface area contributed by atoms with Crippen molar-refractivity contribution in [3.8, 4) is 0 Å². The molecule has 6 nitrogen and oxygen atoms in total. The van der Waals surface area contributed by atoms with Gasteiger partial charge in [-0.05, 0) is 6.92 Å². The minimum absolute atomic E-state index is 0. The summed E-state index contributed by atoms with van der Waals surface area (Å²) < 4.78 is 4.18. The van der Waals surface area contributed by atoms with Crippen LogP contribution in [-0.2, 0) is 9.53 Å². The molecule has 0 bridgehead atoms. The van der Waals surface area contributed by atoms with Crippen LogP contribution >= 0.6 is 0 Å². The molecule has 0 aromatic heterocycles. The molecular formula is C8H19LiN2O4Se. The minimum Gasteiger partial charge on any atom is -1.00 e. The van der Waals surface area contributed by atoms with E-state index in [1.54, 1.807) is 6.92 Å². The van der Waals surface area contributed by atoms with Crippen molar-refractivity contribution in [3.05, 3.63) is 0 Å². The average Bonchev–Trinajstić information content (AvgIpc) is 2.14. The molecule has 0 aromatic carbocycles. The maximum atomic E-state index is 10.1. The van der Waals surface area contributed by atoms with Gasteiger partial charge < -0.3 is 11.9 Å². The third-order valence-corrected chi connectivity index (χ3v) is 2.59. The van der Waals surface area contributed by atoms with Crippen LogP contribution < -0.4 is 30.3 Å². The molecule has 0 heterocycles. The van der Waals surface area contributed by atoms with E-state index >= 15 is 0 Å². The Bertz CT molecular complexity index is 200. The Morgan fingerprint density at radius 1 is 1.56 bits per heavy atom. The zero-order valence-corrected chi connectivity index (χ0v) is 11.6. The van der Waals surface area contributed by atoms with E-state index in [1.807, 2.05) is 0 Å². The number of nitrogens with two attached hydrogens (primary N) is 2. The summed E-state index contributed by atoms with van der Waals surface area (Å²) in [6.07, 6.45) is -0.0938. The van der Waals surface area contributed by atoms with Crippen LogP contribution in [0.4, 0.5) is 4.79 Å². The molecule has 1 unspecified atom stereocenters. The maximum absolute atomic E-state index is 10.1. The molecule has 0 spiro atoms. The zero-order chi connectivity index (χ0) is 12.3.